The maximum atomic E-state index is 12.1. The van der Waals surface area contributed by atoms with E-state index in [1.165, 1.54) is 6.92 Å². The molecule has 2 rings (SSSR count). The van der Waals surface area contributed by atoms with Crippen LogP contribution in [0.5, 0.6) is 0 Å². The zero-order valence-electron chi connectivity index (χ0n) is 13.5. The Balaban J connectivity index is 1.92. The van der Waals surface area contributed by atoms with E-state index in [4.69, 9.17) is 0 Å². The van der Waals surface area contributed by atoms with Crippen LogP contribution in [-0.4, -0.2) is 28.2 Å². The van der Waals surface area contributed by atoms with Crippen LogP contribution in [-0.2, 0) is 22.7 Å². The fraction of sp³-hybridized carbons (Fsp3) is 0.278. The number of hydrogen-bond donors (Lipinski definition) is 1. The van der Waals surface area contributed by atoms with Crippen molar-refractivity contribution >= 4 is 11.8 Å². The lowest BCUT2D eigenvalue weighted by Gasteiger charge is -2.21. The van der Waals surface area contributed by atoms with E-state index in [0.29, 0.717) is 13.1 Å². The van der Waals surface area contributed by atoms with Gasteiger partial charge in [-0.25, -0.2) is 0 Å². The fourth-order valence-corrected chi connectivity index (χ4v) is 2.20. The first kappa shape index (κ1) is 16.7. The summed E-state index contributed by atoms with van der Waals surface area (Å²) in [7, 11) is 0. The lowest BCUT2D eigenvalue weighted by molar-refractivity contribution is -0.135. The number of benzene rings is 1. The molecular weight excluding hydrogens is 290 g/mol. The number of rotatable bonds is 6. The number of amides is 2. The van der Waals surface area contributed by atoms with Gasteiger partial charge in [-0.2, -0.15) is 0 Å². The Labute approximate surface area is 136 Å². The summed E-state index contributed by atoms with van der Waals surface area (Å²) in [6.07, 6.45) is 3.39. The molecule has 0 aliphatic heterocycles. The Kier molecular flexibility index (Phi) is 5.86. The van der Waals surface area contributed by atoms with Crippen LogP contribution in [0.3, 0.4) is 0 Å². The molecule has 2 amide bonds. The number of nitrogens with one attached hydrogen (secondary N) is 1. The van der Waals surface area contributed by atoms with Gasteiger partial charge in [0.05, 0.1) is 6.54 Å². The van der Waals surface area contributed by atoms with Crippen molar-refractivity contribution in [2.45, 2.75) is 26.9 Å². The van der Waals surface area contributed by atoms with E-state index in [2.05, 4.69) is 10.3 Å². The van der Waals surface area contributed by atoms with Crippen LogP contribution in [0.2, 0.25) is 0 Å². The minimum atomic E-state index is -0.183. The van der Waals surface area contributed by atoms with Gasteiger partial charge in [0.1, 0.15) is 0 Å². The molecule has 0 unspecified atom stereocenters. The summed E-state index contributed by atoms with van der Waals surface area (Å²) in [5.74, 6) is -0.303. The third-order valence-electron chi connectivity index (χ3n) is 3.61. The Morgan fingerprint density at radius 1 is 1.17 bits per heavy atom. The molecule has 1 N–H and O–H groups in total. The lowest BCUT2D eigenvalue weighted by atomic mass is 10.1. The van der Waals surface area contributed by atoms with Crippen molar-refractivity contribution < 1.29 is 9.59 Å². The largest absolute Gasteiger partial charge is 0.350 e. The summed E-state index contributed by atoms with van der Waals surface area (Å²) >= 11 is 0. The molecule has 5 nitrogen and oxygen atoms in total. The first-order valence-corrected chi connectivity index (χ1v) is 7.52. The smallest absolute Gasteiger partial charge is 0.239 e. The van der Waals surface area contributed by atoms with Crippen LogP contribution in [0.15, 0.2) is 48.8 Å². The van der Waals surface area contributed by atoms with E-state index in [0.717, 1.165) is 16.7 Å². The van der Waals surface area contributed by atoms with Crippen molar-refractivity contribution in [3.63, 3.8) is 0 Å². The van der Waals surface area contributed by atoms with Crippen molar-refractivity contribution in [3.8, 4) is 0 Å². The molecule has 0 atom stereocenters. The maximum Gasteiger partial charge on any atom is 0.239 e. The van der Waals surface area contributed by atoms with Crippen LogP contribution in [0.4, 0.5) is 0 Å². The lowest BCUT2D eigenvalue weighted by Crippen LogP contribution is -2.39. The maximum absolute atomic E-state index is 12.1. The predicted octanol–water partition coefficient (Wildman–Crippen LogP) is 2.05. The van der Waals surface area contributed by atoms with Crippen molar-refractivity contribution in [2.75, 3.05) is 6.54 Å². The monoisotopic (exact) mass is 311 g/mol. The summed E-state index contributed by atoms with van der Waals surface area (Å²) in [6, 6.07) is 11.6. The molecule has 1 heterocycles. The molecule has 0 spiro atoms. The standard InChI is InChI=1S/C18H21N3O2/c1-14-6-3-4-8-17(14)12-21(15(2)22)13-18(23)20-11-16-7-5-9-19-10-16/h3-10H,11-13H2,1-2H3,(H,20,23). The number of carbonyl (C=O) groups excluding carboxylic acids is 2. The van der Waals surface area contributed by atoms with Crippen LogP contribution in [0.25, 0.3) is 0 Å². The highest BCUT2D eigenvalue weighted by molar-refractivity contribution is 5.83. The van der Waals surface area contributed by atoms with Gasteiger partial charge in [-0.05, 0) is 29.7 Å². The van der Waals surface area contributed by atoms with E-state index in [1.54, 1.807) is 17.3 Å². The zero-order chi connectivity index (χ0) is 16.7. The Bertz CT molecular complexity index is 671. The van der Waals surface area contributed by atoms with Crippen LogP contribution < -0.4 is 5.32 Å². The molecule has 5 heteroatoms. The minimum absolute atomic E-state index is 0.0456. The molecular formula is C18H21N3O2. The van der Waals surface area contributed by atoms with Gasteiger partial charge < -0.3 is 10.2 Å². The molecule has 0 fully saturated rings. The van der Waals surface area contributed by atoms with Crippen LogP contribution >= 0.6 is 0 Å². The van der Waals surface area contributed by atoms with Crippen molar-refractivity contribution in [1.82, 2.24) is 15.2 Å². The molecule has 0 saturated heterocycles. The molecule has 0 radical (unpaired) electrons. The predicted molar refractivity (Wildman–Crippen MR) is 88.4 cm³/mol. The van der Waals surface area contributed by atoms with Crippen molar-refractivity contribution in [1.29, 1.82) is 0 Å². The number of hydrogen-bond acceptors (Lipinski definition) is 3. The summed E-state index contributed by atoms with van der Waals surface area (Å²) < 4.78 is 0. The fourth-order valence-electron chi connectivity index (χ4n) is 2.20. The van der Waals surface area contributed by atoms with Gasteiger partial charge in [0, 0.05) is 32.4 Å². The van der Waals surface area contributed by atoms with E-state index < -0.39 is 0 Å². The van der Waals surface area contributed by atoms with Crippen molar-refractivity contribution in [2.24, 2.45) is 0 Å². The normalized spacial score (nSPS) is 10.2. The minimum Gasteiger partial charge on any atom is -0.350 e. The third-order valence-corrected chi connectivity index (χ3v) is 3.61. The highest BCUT2D eigenvalue weighted by atomic mass is 16.2. The average Bonchev–Trinajstić information content (AvgIpc) is 2.55. The molecule has 23 heavy (non-hydrogen) atoms. The van der Waals surface area contributed by atoms with Crippen LogP contribution in [0, 0.1) is 6.92 Å². The highest BCUT2D eigenvalue weighted by Gasteiger charge is 2.14. The van der Waals surface area contributed by atoms with E-state index >= 15 is 0 Å². The Hall–Kier alpha value is -2.69. The summed E-state index contributed by atoms with van der Waals surface area (Å²) in [5, 5.41) is 2.81. The quantitative estimate of drug-likeness (QED) is 0.888. The SMILES string of the molecule is CC(=O)N(CC(=O)NCc1cccnc1)Cc1ccccc1C. The van der Waals surface area contributed by atoms with E-state index in [9.17, 15) is 9.59 Å². The molecule has 1 aromatic carbocycles. The number of nitrogens with zero attached hydrogens (tertiary/aromatic N) is 2. The molecule has 0 aliphatic carbocycles. The van der Waals surface area contributed by atoms with Crippen molar-refractivity contribution in [3.05, 3.63) is 65.5 Å². The molecule has 0 bridgehead atoms. The highest BCUT2D eigenvalue weighted by Crippen LogP contribution is 2.10. The van der Waals surface area contributed by atoms with Gasteiger partial charge in [0.2, 0.25) is 11.8 Å². The first-order valence-electron chi connectivity index (χ1n) is 7.52. The number of aryl methyl sites for hydroxylation is 1. The second-order valence-corrected chi connectivity index (χ2v) is 5.44. The van der Waals surface area contributed by atoms with Crippen LogP contribution in [0.1, 0.15) is 23.6 Å². The summed E-state index contributed by atoms with van der Waals surface area (Å²) in [5.41, 5.74) is 3.08. The second-order valence-electron chi connectivity index (χ2n) is 5.44. The zero-order valence-corrected chi connectivity index (χ0v) is 13.5. The first-order chi connectivity index (χ1) is 11.1. The van der Waals surface area contributed by atoms with Gasteiger partial charge in [0.25, 0.3) is 0 Å². The Morgan fingerprint density at radius 2 is 1.96 bits per heavy atom. The molecule has 120 valence electrons. The van der Waals surface area contributed by atoms with Gasteiger partial charge in [-0.15, -0.1) is 0 Å². The van der Waals surface area contributed by atoms with Gasteiger partial charge in [0.15, 0.2) is 0 Å². The molecule has 0 saturated carbocycles. The Morgan fingerprint density at radius 3 is 2.61 bits per heavy atom. The summed E-state index contributed by atoms with van der Waals surface area (Å²) in [4.78, 5) is 29.4. The van der Waals surface area contributed by atoms with E-state index in [-0.39, 0.29) is 18.4 Å². The van der Waals surface area contributed by atoms with Gasteiger partial charge in [-0.3, -0.25) is 14.6 Å². The third kappa shape index (κ3) is 5.21. The topological polar surface area (TPSA) is 62.3 Å². The summed E-state index contributed by atoms with van der Waals surface area (Å²) in [6.45, 7) is 4.36. The van der Waals surface area contributed by atoms with Gasteiger partial charge in [-0.1, -0.05) is 30.3 Å². The second kappa shape index (κ2) is 8.08. The average molecular weight is 311 g/mol. The number of pyridine rings is 1. The van der Waals surface area contributed by atoms with Gasteiger partial charge >= 0.3 is 0 Å². The molecule has 1 aromatic heterocycles. The molecule has 0 aliphatic rings. The molecule has 2 aromatic rings. The number of aromatic nitrogens is 1. The van der Waals surface area contributed by atoms with E-state index in [1.807, 2.05) is 43.3 Å². The number of carbonyl (C=O) groups is 2.